The zero-order chi connectivity index (χ0) is 10.7. The molecule has 0 aromatic heterocycles. The standard InChI is InChI=1S/C11H14FNO2/c1-13-5-4-8-2-3-10(12)9-6-14-7-15-11(8)9/h2-3,13H,4-7H2,1H3. The van der Waals surface area contributed by atoms with E-state index in [1.807, 2.05) is 7.05 Å². The van der Waals surface area contributed by atoms with E-state index >= 15 is 0 Å². The van der Waals surface area contributed by atoms with Crippen LogP contribution >= 0.6 is 0 Å². The van der Waals surface area contributed by atoms with Crippen LogP contribution in [0.25, 0.3) is 0 Å². The summed E-state index contributed by atoms with van der Waals surface area (Å²) in [4.78, 5) is 0. The molecule has 15 heavy (non-hydrogen) atoms. The summed E-state index contributed by atoms with van der Waals surface area (Å²) in [6.45, 7) is 1.36. The number of fused-ring (bicyclic) bond motifs is 1. The molecule has 0 unspecified atom stereocenters. The third kappa shape index (κ3) is 2.11. The van der Waals surface area contributed by atoms with E-state index in [1.54, 1.807) is 6.07 Å². The number of benzene rings is 1. The predicted octanol–water partition coefficient (Wildman–Crippen LogP) is 1.45. The van der Waals surface area contributed by atoms with E-state index in [9.17, 15) is 4.39 Å². The van der Waals surface area contributed by atoms with Gasteiger partial charge in [-0.15, -0.1) is 0 Å². The summed E-state index contributed by atoms with van der Waals surface area (Å²) in [6.07, 6.45) is 0.832. The second-order valence-corrected chi connectivity index (χ2v) is 3.48. The van der Waals surface area contributed by atoms with Crippen LogP contribution in [0.4, 0.5) is 4.39 Å². The van der Waals surface area contributed by atoms with Gasteiger partial charge in [-0.2, -0.15) is 0 Å². The van der Waals surface area contributed by atoms with Gasteiger partial charge in [0.25, 0.3) is 0 Å². The average molecular weight is 211 g/mol. The van der Waals surface area contributed by atoms with Gasteiger partial charge in [-0.1, -0.05) is 6.07 Å². The molecule has 4 heteroatoms. The summed E-state index contributed by atoms with van der Waals surface area (Å²) in [6, 6.07) is 3.25. The number of rotatable bonds is 3. The number of hydrogen-bond acceptors (Lipinski definition) is 3. The minimum atomic E-state index is -0.252. The quantitative estimate of drug-likeness (QED) is 0.821. The van der Waals surface area contributed by atoms with Crippen molar-refractivity contribution >= 4 is 0 Å². The maximum atomic E-state index is 13.4. The van der Waals surface area contributed by atoms with Gasteiger partial charge in [-0.05, 0) is 31.6 Å². The van der Waals surface area contributed by atoms with Crippen molar-refractivity contribution in [2.75, 3.05) is 20.4 Å². The monoisotopic (exact) mass is 211 g/mol. The summed E-state index contributed by atoms with van der Waals surface area (Å²) in [5, 5.41) is 3.06. The molecule has 82 valence electrons. The molecular formula is C11H14FNO2. The van der Waals surface area contributed by atoms with E-state index < -0.39 is 0 Å². The van der Waals surface area contributed by atoms with Crippen LogP contribution < -0.4 is 10.1 Å². The minimum Gasteiger partial charge on any atom is -0.467 e. The molecule has 2 rings (SSSR count). The van der Waals surface area contributed by atoms with Crippen LogP contribution in [0.15, 0.2) is 12.1 Å². The maximum Gasteiger partial charge on any atom is 0.189 e. The van der Waals surface area contributed by atoms with Gasteiger partial charge in [0.05, 0.1) is 12.2 Å². The van der Waals surface area contributed by atoms with Crippen LogP contribution in [0, 0.1) is 5.82 Å². The highest BCUT2D eigenvalue weighted by atomic mass is 19.1. The normalized spacial score (nSPS) is 14.5. The molecule has 0 radical (unpaired) electrons. The van der Waals surface area contributed by atoms with E-state index in [1.165, 1.54) is 6.07 Å². The first-order chi connectivity index (χ1) is 7.33. The van der Waals surface area contributed by atoms with Gasteiger partial charge < -0.3 is 14.8 Å². The lowest BCUT2D eigenvalue weighted by Crippen LogP contribution is -2.17. The average Bonchev–Trinajstić information content (AvgIpc) is 2.29. The maximum absolute atomic E-state index is 13.4. The highest BCUT2D eigenvalue weighted by Crippen LogP contribution is 2.30. The number of halogens is 1. The Morgan fingerprint density at radius 1 is 1.47 bits per heavy atom. The number of hydrogen-bond donors (Lipinski definition) is 1. The SMILES string of the molecule is CNCCc1ccc(F)c2c1OCOC2. The van der Waals surface area contributed by atoms with E-state index in [4.69, 9.17) is 9.47 Å². The van der Waals surface area contributed by atoms with Gasteiger partial charge in [0, 0.05) is 0 Å². The van der Waals surface area contributed by atoms with Gasteiger partial charge in [0.15, 0.2) is 6.79 Å². The summed E-state index contributed by atoms with van der Waals surface area (Å²) >= 11 is 0. The molecular weight excluding hydrogens is 197 g/mol. The highest BCUT2D eigenvalue weighted by Gasteiger charge is 2.18. The Morgan fingerprint density at radius 3 is 3.13 bits per heavy atom. The Kier molecular flexibility index (Phi) is 3.18. The third-order valence-corrected chi connectivity index (χ3v) is 2.46. The van der Waals surface area contributed by atoms with Crippen LogP contribution in [0.3, 0.4) is 0 Å². The molecule has 0 spiro atoms. The summed E-state index contributed by atoms with van der Waals surface area (Å²) in [7, 11) is 1.89. The fraction of sp³-hybridized carbons (Fsp3) is 0.455. The molecule has 1 heterocycles. The molecule has 0 saturated heterocycles. The molecule has 1 aromatic carbocycles. The zero-order valence-corrected chi connectivity index (χ0v) is 8.68. The van der Waals surface area contributed by atoms with Crippen molar-refractivity contribution < 1.29 is 13.9 Å². The van der Waals surface area contributed by atoms with Gasteiger partial charge >= 0.3 is 0 Å². The molecule has 1 aliphatic rings. The predicted molar refractivity (Wildman–Crippen MR) is 54.3 cm³/mol. The highest BCUT2D eigenvalue weighted by molar-refractivity contribution is 5.43. The summed E-state index contributed by atoms with van der Waals surface area (Å²) < 4.78 is 23.8. The zero-order valence-electron chi connectivity index (χ0n) is 8.68. The van der Waals surface area contributed by atoms with Crippen LogP contribution in [0.5, 0.6) is 5.75 Å². The van der Waals surface area contributed by atoms with Crippen molar-refractivity contribution in [1.29, 1.82) is 0 Å². The second kappa shape index (κ2) is 4.59. The van der Waals surface area contributed by atoms with Crippen LogP contribution in [0.1, 0.15) is 11.1 Å². The molecule has 0 saturated carbocycles. The van der Waals surface area contributed by atoms with Gasteiger partial charge in [0.1, 0.15) is 11.6 Å². The van der Waals surface area contributed by atoms with Crippen LogP contribution in [-0.4, -0.2) is 20.4 Å². The number of nitrogens with one attached hydrogen (secondary N) is 1. The Morgan fingerprint density at radius 2 is 2.33 bits per heavy atom. The fourth-order valence-corrected chi connectivity index (χ4v) is 1.67. The molecule has 0 amide bonds. The van der Waals surface area contributed by atoms with Gasteiger partial charge in [-0.3, -0.25) is 0 Å². The van der Waals surface area contributed by atoms with Crippen molar-refractivity contribution in [1.82, 2.24) is 5.32 Å². The Bertz CT molecular complexity index is 355. The summed E-state index contributed by atoms with van der Waals surface area (Å²) in [5.74, 6) is 0.411. The third-order valence-electron chi connectivity index (χ3n) is 2.46. The lowest BCUT2D eigenvalue weighted by molar-refractivity contribution is -0.0189. The van der Waals surface area contributed by atoms with Crippen molar-refractivity contribution in [3.05, 3.63) is 29.1 Å². The Labute approximate surface area is 88.2 Å². The van der Waals surface area contributed by atoms with E-state index in [2.05, 4.69) is 5.32 Å². The molecule has 1 aliphatic heterocycles. The topological polar surface area (TPSA) is 30.5 Å². The van der Waals surface area contributed by atoms with E-state index in [0.29, 0.717) is 17.9 Å². The Hall–Kier alpha value is -1.13. The van der Waals surface area contributed by atoms with Gasteiger partial charge in [-0.25, -0.2) is 4.39 Å². The largest absolute Gasteiger partial charge is 0.467 e. The van der Waals surface area contributed by atoms with Crippen molar-refractivity contribution in [3.63, 3.8) is 0 Å². The first kappa shape index (κ1) is 10.4. The fourth-order valence-electron chi connectivity index (χ4n) is 1.67. The molecule has 0 atom stereocenters. The van der Waals surface area contributed by atoms with Gasteiger partial charge in [0.2, 0.25) is 0 Å². The minimum absolute atomic E-state index is 0.211. The number of ether oxygens (including phenoxy) is 2. The van der Waals surface area contributed by atoms with Crippen molar-refractivity contribution in [2.24, 2.45) is 0 Å². The smallest absolute Gasteiger partial charge is 0.189 e. The molecule has 1 N–H and O–H groups in total. The number of likely N-dealkylation sites (N-methyl/N-ethyl adjacent to an activating group) is 1. The van der Waals surface area contributed by atoms with Crippen LogP contribution in [-0.2, 0) is 17.8 Å². The van der Waals surface area contributed by atoms with E-state index in [0.717, 1.165) is 18.5 Å². The van der Waals surface area contributed by atoms with Crippen LogP contribution in [0.2, 0.25) is 0 Å². The first-order valence-electron chi connectivity index (χ1n) is 4.98. The lowest BCUT2D eigenvalue weighted by Gasteiger charge is -2.21. The lowest BCUT2D eigenvalue weighted by atomic mass is 10.1. The van der Waals surface area contributed by atoms with Crippen molar-refractivity contribution in [2.45, 2.75) is 13.0 Å². The molecule has 0 bridgehead atoms. The first-order valence-corrected chi connectivity index (χ1v) is 4.98. The molecule has 0 aliphatic carbocycles. The molecule has 1 aromatic rings. The molecule has 3 nitrogen and oxygen atoms in total. The van der Waals surface area contributed by atoms with E-state index in [-0.39, 0.29) is 12.6 Å². The van der Waals surface area contributed by atoms with Crippen molar-refractivity contribution in [3.8, 4) is 5.75 Å². The summed E-state index contributed by atoms with van der Waals surface area (Å²) in [5.41, 5.74) is 1.57. The Balaban J connectivity index is 2.30. The second-order valence-electron chi connectivity index (χ2n) is 3.48. The molecule has 0 fully saturated rings.